The van der Waals surface area contributed by atoms with Gasteiger partial charge < -0.3 is 15.0 Å². The molecule has 140 valence electrons. The molecule has 1 aliphatic rings. The molecule has 1 aromatic carbocycles. The highest BCUT2D eigenvalue weighted by Crippen LogP contribution is 2.28. The van der Waals surface area contributed by atoms with E-state index in [2.05, 4.69) is 50.4 Å². The second-order valence-electron chi connectivity index (χ2n) is 7.03. The molecule has 3 heterocycles. The second kappa shape index (κ2) is 7.88. The number of hydrogen-bond donors (Lipinski definition) is 1. The van der Waals surface area contributed by atoms with Crippen LogP contribution in [0.15, 0.2) is 42.9 Å². The highest BCUT2D eigenvalue weighted by molar-refractivity contribution is 5.87. The first-order chi connectivity index (χ1) is 13.3. The van der Waals surface area contributed by atoms with Gasteiger partial charge >= 0.3 is 0 Å². The largest absolute Gasteiger partial charge is 0.494 e. The summed E-state index contributed by atoms with van der Waals surface area (Å²) in [4.78, 5) is 15.7. The highest BCUT2D eigenvalue weighted by Gasteiger charge is 2.18. The van der Waals surface area contributed by atoms with Gasteiger partial charge in [0.25, 0.3) is 0 Å². The number of rotatable bonds is 5. The Morgan fingerprint density at radius 2 is 2.15 bits per heavy atom. The van der Waals surface area contributed by atoms with Crippen LogP contribution in [0.5, 0.6) is 5.75 Å². The standard InChI is InChI=1S/C21H25N5O/c1-26(20-11-18(24-14-25-20)15-5-3-9-22-12-15)13-16-7-8-19(27-2)21-17(16)6-4-10-23-21/h4,6-8,10-11,14-15,22H,3,5,9,12-13H2,1-2H3. The van der Waals surface area contributed by atoms with E-state index in [1.165, 1.54) is 18.4 Å². The average Bonchev–Trinajstić information content (AvgIpc) is 2.74. The molecule has 27 heavy (non-hydrogen) atoms. The van der Waals surface area contributed by atoms with Crippen molar-refractivity contribution in [1.29, 1.82) is 0 Å². The molecule has 6 heteroatoms. The van der Waals surface area contributed by atoms with Crippen LogP contribution in [0, 0.1) is 0 Å². The first-order valence-electron chi connectivity index (χ1n) is 9.40. The average molecular weight is 363 g/mol. The summed E-state index contributed by atoms with van der Waals surface area (Å²) in [6.07, 6.45) is 5.86. The second-order valence-corrected chi connectivity index (χ2v) is 7.03. The third-order valence-corrected chi connectivity index (χ3v) is 5.23. The zero-order valence-electron chi connectivity index (χ0n) is 15.9. The van der Waals surface area contributed by atoms with Crippen molar-refractivity contribution in [3.63, 3.8) is 0 Å². The maximum atomic E-state index is 5.45. The molecule has 1 atom stereocenters. The fraction of sp³-hybridized carbons (Fsp3) is 0.381. The van der Waals surface area contributed by atoms with Gasteiger partial charge in [-0.25, -0.2) is 9.97 Å². The van der Waals surface area contributed by atoms with Gasteiger partial charge in [0, 0.05) is 43.7 Å². The number of hydrogen-bond acceptors (Lipinski definition) is 6. The maximum absolute atomic E-state index is 5.45. The van der Waals surface area contributed by atoms with Gasteiger partial charge in [-0.3, -0.25) is 4.98 Å². The van der Waals surface area contributed by atoms with E-state index in [1.807, 2.05) is 12.1 Å². The number of ether oxygens (including phenoxy) is 1. The summed E-state index contributed by atoms with van der Waals surface area (Å²) >= 11 is 0. The zero-order valence-corrected chi connectivity index (χ0v) is 15.9. The lowest BCUT2D eigenvalue weighted by Gasteiger charge is -2.24. The number of piperidine rings is 1. The molecule has 0 aliphatic carbocycles. The summed E-state index contributed by atoms with van der Waals surface area (Å²) < 4.78 is 5.45. The van der Waals surface area contributed by atoms with E-state index >= 15 is 0 Å². The summed E-state index contributed by atoms with van der Waals surface area (Å²) in [5.41, 5.74) is 3.21. The lowest BCUT2D eigenvalue weighted by molar-refractivity contribution is 0.419. The van der Waals surface area contributed by atoms with Crippen LogP contribution in [0.25, 0.3) is 10.9 Å². The molecular weight excluding hydrogens is 338 g/mol. The van der Waals surface area contributed by atoms with E-state index in [4.69, 9.17) is 4.74 Å². The summed E-state index contributed by atoms with van der Waals surface area (Å²) in [6, 6.07) is 10.3. The van der Waals surface area contributed by atoms with Crippen LogP contribution in [-0.2, 0) is 6.54 Å². The number of fused-ring (bicyclic) bond motifs is 1. The predicted molar refractivity (Wildman–Crippen MR) is 107 cm³/mol. The summed E-state index contributed by atoms with van der Waals surface area (Å²) in [5, 5.41) is 4.57. The Kier molecular flexibility index (Phi) is 5.16. The summed E-state index contributed by atoms with van der Waals surface area (Å²) in [6.45, 7) is 2.84. The molecule has 1 saturated heterocycles. The van der Waals surface area contributed by atoms with Crippen molar-refractivity contribution in [2.24, 2.45) is 0 Å². The number of nitrogens with one attached hydrogen (secondary N) is 1. The van der Waals surface area contributed by atoms with Crippen LogP contribution in [-0.4, -0.2) is 42.2 Å². The van der Waals surface area contributed by atoms with E-state index in [1.54, 1.807) is 19.6 Å². The minimum atomic E-state index is 0.472. The van der Waals surface area contributed by atoms with Crippen molar-refractivity contribution in [3.05, 3.63) is 54.1 Å². The molecule has 1 aliphatic heterocycles. The van der Waals surface area contributed by atoms with Crippen LogP contribution in [0.1, 0.15) is 30.0 Å². The molecule has 4 rings (SSSR count). The van der Waals surface area contributed by atoms with Crippen molar-refractivity contribution >= 4 is 16.7 Å². The molecule has 0 radical (unpaired) electrons. The van der Waals surface area contributed by atoms with E-state index in [-0.39, 0.29) is 0 Å². The van der Waals surface area contributed by atoms with E-state index in [0.29, 0.717) is 5.92 Å². The van der Waals surface area contributed by atoms with Gasteiger partial charge in [0.1, 0.15) is 23.4 Å². The Hall–Kier alpha value is -2.73. The van der Waals surface area contributed by atoms with Gasteiger partial charge in [-0.2, -0.15) is 0 Å². The number of anilines is 1. The molecule has 0 saturated carbocycles. The minimum absolute atomic E-state index is 0.472. The smallest absolute Gasteiger partial charge is 0.145 e. The fourth-order valence-corrected chi connectivity index (χ4v) is 3.74. The molecule has 6 nitrogen and oxygen atoms in total. The molecule has 1 N–H and O–H groups in total. The van der Waals surface area contributed by atoms with Gasteiger partial charge in [-0.15, -0.1) is 0 Å². The Bertz CT molecular complexity index is 923. The molecule has 0 amide bonds. The zero-order chi connectivity index (χ0) is 18.6. The third-order valence-electron chi connectivity index (χ3n) is 5.23. The van der Waals surface area contributed by atoms with Crippen molar-refractivity contribution in [3.8, 4) is 5.75 Å². The van der Waals surface area contributed by atoms with Gasteiger partial charge in [0.15, 0.2) is 0 Å². The quantitative estimate of drug-likeness (QED) is 0.751. The molecule has 1 unspecified atom stereocenters. The van der Waals surface area contributed by atoms with Gasteiger partial charge in [0.2, 0.25) is 0 Å². The Morgan fingerprint density at radius 3 is 2.96 bits per heavy atom. The summed E-state index contributed by atoms with van der Waals surface area (Å²) in [7, 11) is 3.75. The first-order valence-corrected chi connectivity index (χ1v) is 9.40. The molecule has 0 bridgehead atoms. The minimum Gasteiger partial charge on any atom is -0.494 e. The van der Waals surface area contributed by atoms with E-state index in [9.17, 15) is 0 Å². The van der Waals surface area contributed by atoms with Crippen LogP contribution in [0.2, 0.25) is 0 Å². The lowest BCUT2D eigenvalue weighted by atomic mass is 9.96. The van der Waals surface area contributed by atoms with Gasteiger partial charge in [0.05, 0.1) is 12.8 Å². The van der Waals surface area contributed by atoms with Crippen molar-refractivity contribution in [2.75, 3.05) is 32.1 Å². The number of benzene rings is 1. The van der Waals surface area contributed by atoms with E-state index in [0.717, 1.165) is 47.8 Å². The molecular formula is C21H25N5O. The van der Waals surface area contributed by atoms with Crippen LogP contribution >= 0.6 is 0 Å². The number of pyridine rings is 1. The predicted octanol–water partition coefficient (Wildman–Crippen LogP) is 3.14. The van der Waals surface area contributed by atoms with Crippen LogP contribution < -0.4 is 15.0 Å². The molecule has 2 aromatic heterocycles. The van der Waals surface area contributed by atoms with Crippen molar-refractivity contribution in [2.45, 2.75) is 25.3 Å². The topological polar surface area (TPSA) is 63.2 Å². The Labute approximate surface area is 159 Å². The Morgan fingerprint density at radius 1 is 1.22 bits per heavy atom. The highest BCUT2D eigenvalue weighted by atomic mass is 16.5. The monoisotopic (exact) mass is 363 g/mol. The number of nitrogens with zero attached hydrogens (tertiary/aromatic N) is 4. The van der Waals surface area contributed by atoms with E-state index < -0.39 is 0 Å². The molecule has 3 aromatic rings. The fourth-order valence-electron chi connectivity index (χ4n) is 3.74. The van der Waals surface area contributed by atoms with Crippen molar-refractivity contribution < 1.29 is 4.74 Å². The van der Waals surface area contributed by atoms with Crippen LogP contribution in [0.3, 0.4) is 0 Å². The van der Waals surface area contributed by atoms with Crippen LogP contribution in [0.4, 0.5) is 5.82 Å². The maximum Gasteiger partial charge on any atom is 0.145 e. The number of methoxy groups -OCH3 is 1. The van der Waals surface area contributed by atoms with Gasteiger partial charge in [-0.1, -0.05) is 12.1 Å². The normalized spacial score (nSPS) is 17.0. The molecule has 1 fully saturated rings. The number of aromatic nitrogens is 3. The summed E-state index contributed by atoms with van der Waals surface area (Å²) in [5.74, 6) is 2.21. The first kappa shape index (κ1) is 17.7. The van der Waals surface area contributed by atoms with Gasteiger partial charge in [-0.05, 0) is 37.1 Å². The van der Waals surface area contributed by atoms with Crippen molar-refractivity contribution in [1.82, 2.24) is 20.3 Å². The SMILES string of the molecule is COc1ccc(CN(C)c2cc(C3CCCNC3)ncn2)c2cccnc12. The lowest BCUT2D eigenvalue weighted by Crippen LogP contribution is -2.29. The molecule has 0 spiro atoms. The third kappa shape index (κ3) is 3.71. The Balaban J connectivity index is 1.59.